The van der Waals surface area contributed by atoms with Crippen molar-refractivity contribution in [3.8, 4) is 0 Å². The van der Waals surface area contributed by atoms with E-state index in [1.165, 1.54) is 24.0 Å². The Hall–Kier alpha value is -2.30. The maximum Gasteiger partial charge on any atom is 0.317 e. The van der Waals surface area contributed by atoms with Crippen molar-refractivity contribution < 1.29 is 9.59 Å². The Morgan fingerprint density at radius 1 is 1.04 bits per heavy atom. The van der Waals surface area contributed by atoms with E-state index in [2.05, 4.69) is 28.8 Å². The highest BCUT2D eigenvalue weighted by Crippen LogP contribution is 2.31. The first kappa shape index (κ1) is 20.4. The third-order valence-corrected chi connectivity index (χ3v) is 5.76. The molecule has 3 amide bonds. The Morgan fingerprint density at radius 2 is 1.86 bits per heavy atom. The molecule has 5 heteroatoms. The average molecular weight is 384 g/mol. The molecular formula is C23H33N3O2. The van der Waals surface area contributed by atoms with E-state index in [4.69, 9.17) is 0 Å². The van der Waals surface area contributed by atoms with Crippen LogP contribution >= 0.6 is 0 Å². The third kappa shape index (κ3) is 6.39. The number of nitrogens with one attached hydrogen (secondary N) is 2. The molecule has 1 unspecified atom stereocenters. The standard InChI is InChI=1S/C23H33N3O2/c27-22(24-15-6-10-19-8-2-1-3-9-19)13-7-16-25-23(28)26-17-14-20-11-4-5-12-21(20)18-26/h1-3,8-9,12,20H,4-7,10-11,13-18H2,(H,24,27)(H,25,28). The van der Waals surface area contributed by atoms with E-state index in [1.54, 1.807) is 0 Å². The molecule has 2 aliphatic rings. The maximum atomic E-state index is 12.3. The molecular weight excluding hydrogens is 350 g/mol. The fraction of sp³-hybridized carbons (Fsp3) is 0.565. The van der Waals surface area contributed by atoms with Crippen LogP contribution in [0.4, 0.5) is 4.79 Å². The van der Waals surface area contributed by atoms with Gasteiger partial charge in [0.15, 0.2) is 0 Å². The summed E-state index contributed by atoms with van der Waals surface area (Å²) < 4.78 is 0. The highest BCUT2D eigenvalue weighted by atomic mass is 16.2. The van der Waals surface area contributed by atoms with Crippen LogP contribution in [0.2, 0.25) is 0 Å². The smallest absolute Gasteiger partial charge is 0.317 e. The number of carbonyl (C=O) groups is 2. The minimum atomic E-state index is 0.00759. The molecule has 0 saturated carbocycles. The largest absolute Gasteiger partial charge is 0.356 e. The van der Waals surface area contributed by atoms with Gasteiger partial charge < -0.3 is 15.5 Å². The predicted octanol–water partition coefficient (Wildman–Crippen LogP) is 3.66. The quantitative estimate of drug-likeness (QED) is 0.532. The molecule has 0 spiro atoms. The fourth-order valence-corrected chi connectivity index (χ4v) is 4.12. The monoisotopic (exact) mass is 383 g/mol. The Kier molecular flexibility index (Phi) is 7.94. The number of carbonyl (C=O) groups excluding carboxylic acids is 2. The van der Waals surface area contributed by atoms with Crippen LogP contribution in [0.1, 0.15) is 50.5 Å². The Morgan fingerprint density at radius 3 is 2.71 bits per heavy atom. The number of hydrogen-bond donors (Lipinski definition) is 2. The number of likely N-dealkylation sites (tertiary alicyclic amines) is 1. The summed E-state index contributed by atoms with van der Waals surface area (Å²) in [5.74, 6) is 0.763. The SMILES string of the molecule is O=C(CCCNC(=O)N1CCC2CCCC=C2C1)NCCCc1ccccc1. The normalized spacial score (nSPS) is 18.8. The van der Waals surface area contributed by atoms with Crippen LogP contribution < -0.4 is 10.6 Å². The molecule has 0 radical (unpaired) electrons. The van der Waals surface area contributed by atoms with Crippen molar-refractivity contribution in [3.63, 3.8) is 0 Å². The lowest BCUT2D eigenvalue weighted by molar-refractivity contribution is -0.121. The lowest BCUT2D eigenvalue weighted by Crippen LogP contribution is -2.46. The topological polar surface area (TPSA) is 61.4 Å². The van der Waals surface area contributed by atoms with Crippen molar-refractivity contribution in [2.24, 2.45) is 5.92 Å². The van der Waals surface area contributed by atoms with Gasteiger partial charge in [-0.05, 0) is 56.4 Å². The number of urea groups is 1. The third-order valence-electron chi connectivity index (χ3n) is 5.76. The molecule has 28 heavy (non-hydrogen) atoms. The summed E-state index contributed by atoms with van der Waals surface area (Å²) in [5, 5.41) is 5.94. The van der Waals surface area contributed by atoms with Crippen molar-refractivity contribution in [1.82, 2.24) is 15.5 Å². The second kappa shape index (κ2) is 10.9. The molecule has 152 valence electrons. The van der Waals surface area contributed by atoms with E-state index in [-0.39, 0.29) is 11.9 Å². The number of benzene rings is 1. The Bertz CT molecular complexity index is 672. The van der Waals surface area contributed by atoms with Crippen LogP contribution in [0, 0.1) is 5.92 Å². The second-order valence-electron chi connectivity index (χ2n) is 7.89. The van der Waals surface area contributed by atoms with Crippen LogP contribution in [-0.4, -0.2) is 43.0 Å². The Balaban J connectivity index is 1.23. The number of piperidine rings is 1. The molecule has 5 nitrogen and oxygen atoms in total. The van der Waals surface area contributed by atoms with Gasteiger partial charge in [-0.2, -0.15) is 0 Å². The second-order valence-corrected chi connectivity index (χ2v) is 7.89. The highest BCUT2D eigenvalue weighted by Gasteiger charge is 2.27. The van der Waals surface area contributed by atoms with E-state index < -0.39 is 0 Å². The highest BCUT2D eigenvalue weighted by molar-refractivity contribution is 5.76. The number of rotatable bonds is 8. The lowest BCUT2D eigenvalue weighted by Gasteiger charge is -2.36. The van der Waals surface area contributed by atoms with Crippen LogP contribution in [0.15, 0.2) is 42.0 Å². The van der Waals surface area contributed by atoms with Gasteiger partial charge in [0.25, 0.3) is 0 Å². The van der Waals surface area contributed by atoms with Gasteiger partial charge in [-0.3, -0.25) is 4.79 Å². The molecule has 1 aliphatic heterocycles. The zero-order valence-electron chi connectivity index (χ0n) is 16.8. The molecule has 1 heterocycles. The summed E-state index contributed by atoms with van der Waals surface area (Å²) in [5.41, 5.74) is 2.75. The van der Waals surface area contributed by atoms with Crippen molar-refractivity contribution in [3.05, 3.63) is 47.5 Å². The van der Waals surface area contributed by atoms with Gasteiger partial charge in [0.2, 0.25) is 5.91 Å². The summed E-state index contributed by atoms with van der Waals surface area (Å²) in [7, 11) is 0. The van der Waals surface area contributed by atoms with Gasteiger partial charge in [-0.15, -0.1) is 0 Å². The number of aryl methyl sites for hydroxylation is 1. The number of hydrogen-bond acceptors (Lipinski definition) is 2. The maximum absolute atomic E-state index is 12.3. The number of allylic oxidation sites excluding steroid dienone is 1. The van der Waals surface area contributed by atoms with E-state index in [9.17, 15) is 9.59 Å². The molecule has 0 aromatic heterocycles. The number of nitrogens with zero attached hydrogens (tertiary/aromatic N) is 1. The van der Waals surface area contributed by atoms with Gasteiger partial charge in [0.05, 0.1) is 0 Å². The molecule has 1 aliphatic carbocycles. The number of amides is 3. The molecule has 1 aromatic carbocycles. The van der Waals surface area contributed by atoms with E-state index >= 15 is 0 Å². The lowest BCUT2D eigenvalue weighted by atomic mass is 9.82. The summed E-state index contributed by atoms with van der Waals surface area (Å²) in [6, 6.07) is 10.3. The average Bonchev–Trinajstić information content (AvgIpc) is 2.74. The van der Waals surface area contributed by atoms with Gasteiger partial charge >= 0.3 is 6.03 Å². The summed E-state index contributed by atoms with van der Waals surface area (Å²) in [6.45, 7) is 2.87. The molecule has 1 aromatic rings. The van der Waals surface area contributed by atoms with Gasteiger partial charge in [-0.25, -0.2) is 4.79 Å². The first-order valence-electron chi connectivity index (χ1n) is 10.7. The molecule has 1 fully saturated rings. The summed E-state index contributed by atoms with van der Waals surface area (Å²) in [4.78, 5) is 26.2. The van der Waals surface area contributed by atoms with Gasteiger partial charge in [0.1, 0.15) is 0 Å². The summed E-state index contributed by atoms with van der Waals surface area (Å²) in [6.07, 6.45) is 10.2. The van der Waals surface area contributed by atoms with E-state index in [1.807, 2.05) is 23.1 Å². The van der Waals surface area contributed by atoms with Crippen LogP contribution in [-0.2, 0) is 11.2 Å². The van der Waals surface area contributed by atoms with Crippen molar-refractivity contribution in [2.75, 3.05) is 26.2 Å². The van der Waals surface area contributed by atoms with Crippen molar-refractivity contribution in [2.45, 2.75) is 51.4 Å². The molecule has 1 atom stereocenters. The van der Waals surface area contributed by atoms with Gasteiger partial charge in [0, 0.05) is 32.6 Å². The minimum Gasteiger partial charge on any atom is -0.356 e. The number of fused-ring (bicyclic) bond motifs is 1. The molecule has 0 bridgehead atoms. The van der Waals surface area contributed by atoms with Crippen LogP contribution in [0.5, 0.6) is 0 Å². The van der Waals surface area contributed by atoms with Gasteiger partial charge in [-0.1, -0.05) is 42.0 Å². The minimum absolute atomic E-state index is 0.00759. The summed E-state index contributed by atoms with van der Waals surface area (Å²) >= 11 is 0. The first-order chi connectivity index (χ1) is 13.7. The van der Waals surface area contributed by atoms with E-state index in [0.29, 0.717) is 31.8 Å². The molecule has 3 rings (SSSR count). The zero-order chi connectivity index (χ0) is 19.6. The fourth-order valence-electron chi connectivity index (χ4n) is 4.12. The van der Waals surface area contributed by atoms with Crippen LogP contribution in [0.3, 0.4) is 0 Å². The molecule has 2 N–H and O–H groups in total. The van der Waals surface area contributed by atoms with Crippen molar-refractivity contribution >= 4 is 11.9 Å². The Labute approximate surface area is 168 Å². The van der Waals surface area contributed by atoms with E-state index in [0.717, 1.165) is 38.8 Å². The van der Waals surface area contributed by atoms with Crippen LogP contribution in [0.25, 0.3) is 0 Å². The first-order valence-corrected chi connectivity index (χ1v) is 10.7. The molecule has 1 saturated heterocycles. The van der Waals surface area contributed by atoms with Crippen molar-refractivity contribution in [1.29, 1.82) is 0 Å². The predicted molar refractivity (Wildman–Crippen MR) is 112 cm³/mol. The zero-order valence-corrected chi connectivity index (χ0v) is 16.8.